The second-order valence-electron chi connectivity index (χ2n) is 4.97. The summed E-state index contributed by atoms with van der Waals surface area (Å²) >= 11 is 7.78. The summed E-state index contributed by atoms with van der Waals surface area (Å²) in [6.07, 6.45) is 6.35. The lowest BCUT2D eigenvalue weighted by atomic mass is 10.2. The number of nitrogens with zero attached hydrogens (tertiary/aromatic N) is 1. The molecule has 1 aliphatic rings. The van der Waals surface area contributed by atoms with Crippen LogP contribution in [0.25, 0.3) is 0 Å². The van der Waals surface area contributed by atoms with Crippen LogP contribution in [0.3, 0.4) is 0 Å². The van der Waals surface area contributed by atoms with E-state index in [4.69, 9.17) is 11.6 Å². The van der Waals surface area contributed by atoms with Crippen LogP contribution in [0.15, 0.2) is 9.59 Å². The third kappa shape index (κ3) is 2.92. The SMILES string of the molecule is CCCc1c(Cl)[nH]c(=O)n(C2CCC(SC)C2)c1=O. The summed E-state index contributed by atoms with van der Waals surface area (Å²) in [6.45, 7) is 1.99. The van der Waals surface area contributed by atoms with E-state index < -0.39 is 0 Å². The Hall–Kier alpha value is -0.680. The van der Waals surface area contributed by atoms with Crippen LogP contribution in [0.1, 0.15) is 44.2 Å². The Morgan fingerprint density at radius 1 is 1.42 bits per heavy atom. The first-order valence-corrected chi connectivity index (χ1v) is 8.31. The maximum atomic E-state index is 12.4. The van der Waals surface area contributed by atoms with Crippen LogP contribution in [-0.2, 0) is 6.42 Å². The second kappa shape index (κ2) is 6.18. The molecule has 0 amide bonds. The van der Waals surface area contributed by atoms with E-state index in [2.05, 4.69) is 11.2 Å². The zero-order valence-corrected chi connectivity index (χ0v) is 12.8. The van der Waals surface area contributed by atoms with Gasteiger partial charge >= 0.3 is 5.69 Å². The molecule has 1 N–H and O–H groups in total. The molecule has 4 nitrogen and oxygen atoms in total. The normalized spacial score (nSPS) is 22.9. The number of hydrogen-bond acceptors (Lipinski definition) is 3. The molecule has 1 aromatic heterocycles. The molecular weight excluding hydrogens is 284 g/mol. The number of thioether (sulfide) groups is 1. The Balaban J connectivity index is 2.43. The highest BCUT2D eigenvalue weighted by molar-refractivity contribution is 7.99. The van der Waals surface area contributed by atoms with Gasteiger partial charge in [-0.2, -0.15) is 11.8 Å². The zero-order valence-electron chi connectivity index (χ0n) is 11.2. The van der Waals surface area contributed by atoms with E-state index in [-0.39, 0.29) is 22.4 Å². The summed E-state index contributed by atoms with van der Waals surface area (Å²) in [5.41, 5.74) is -0.0414. The molecule has 0 radical (unpaired) electrons. The fourth-order valence-corrected chi connectivity index (χ4v) is 3.77. The number of nitrogens with one attached hydrogen (secondary N) is 1. The molecule has 0 bridgehead atoms. The molecule has 2 rings (SSSR count). The average Bonchev–Trinajstić information content (AvgIpc) is 2.83. The number of halogens is 1. The molecule has 0 aromatic carbocycles. The van der Waals surface area contributed by atoms with Gasteiger partial charge in [0.2, 0.25) is 0 Å². The van der Waals surface area contributed by atoms with E-state index in [1.54, 1.807) is 11.8 Å². The summed E-state index contributed by atoms with van der Waals surface area (Å²) in [7, 11) is 0. The molecule has 0 spiro atoms. The number of H-pyrrole nitrogens is 1. The minimum atomic E-state index is -0.374. The number of aromatic nitrogens is 2. The Bertz CT molecular complexity index is 567. The van der Waals surface area contributed by atoms with Crippen molar-refractivity contribution in [2.24, 2.45) is 0 Å². The van der Waals surface area contributed by atoms with Gasteiger partial charge in [0.05, 0.1) is 5.56 Å². The lowest BCUT2D eigenvalue weighted by Crippen LogP contribution is -2.39. The standard InChI is InChI=1S/C13H19ClN2O2S/c1-3-4-10-11(14)15-13(18)16(12(10)17)8-5-6-9(7-8)19-2/h8-9H,3-7H2,1-2H3,(H,15,18). The van der Waals surface area contributed by atoms with E-state index >= 15 is 0 Å². The molecule has 2 unspecified atom stereocenters. The number of rotatable bonds is 4. The van der Waals surface area contributed by atoms with E-state index in [0.717, 1.165) is 25.7 Å². The molecular formula is C13H19ClN2O2S. The minimum absolute atomic E-state index is 0.0153. The van der Waals surface area contributed by atoms with Crippen LogP contribution in [0.4, 0.5) is 0 Å². The van der Waals surface area contributed by atoms with Gasteiger partial charge in [-0.1, -0.05) is 24.9 Å². The average molecular weight is 303 g/mol. The summed E-state index contributed by atoms with van der Waals surface area (Å²) in [6, 6.07) is 0.0153. The Morgan fingerprint density at radius 3 is 2.74 bits per heavy atom. The van der Waals surface area contributed by atoms with Crippen LogP contribution in [0.5, 0.6) is 0 Å². The first kappa shape index (κ1) is 14.7. The maximum Gasteiger partial charge on any atom is 0.329 e. The fraction of sp³-hybridized carbons (Fsp3) is 0.692. The summed E-state index contributed by atoms with van der Waals surface area (Å²) in [5, 5.41) is 0.745. The summed E-state index contributed by atoms with van der Waals surface area (Å²) in [5.74, 6) is 0. The number of hydrogen-bond donors (Lipinski definition) is 1. The van der Waals surface area contributed by atoms with Crippen LogP contribution in [-0.4, -0.2) is 21.1 Å². The van der Waals surface area contributed by atoms with Gasteiger partial charge in [0.25, 0.3) is 5.56 Å². The Kier molecular flexibility index (Phi) is 4.79. The third-order valence-corrected chi connectivity index (χ3v) is 5.15. The molecule has 106 valence electrons. The van der Waals surface area contributed by atoms with Gasteiger partial charge in [0.15, 0.2) is 0 Å². The van der Waals surface area contributed by atoms with Crippen molar-refractivity contribution in [3.05, 3.63) is 31.6 Å². The van der Waals surface area contributed by atoms with Gasteiger partial charge in [0, 0.05) is 11.3 Å². The van der Waals surface area contributed by atoms with E-state index in [0.29, 0.717) is 17.2 Å². The molecule has 1 fully saturated rings. The van der Waals surface area contributed by atoms with Crippen molar-refractivity contribution >= 4 is 23.4 Å². The van der Waals surface area contributed by atoms with E-state index in [1.165, 1.54) is 4.57 Å². The predicted molar refractivity (Wildman–Crippen MR) is 80.5 cm³/mol. The molecule has 1 saturated carbocycles. The predicted octanol–water partition coefficient (Wildman–Crippen LogP) is 2.60. The third-order valence-electron chi connectivity index (χ3n) is 3.73. The monoisotopic (exact) mass is 302 g/mol. The minimum Gasteiger partial charge on any atom is -0.297 e. The zero-order chi connectivity index (χ0) is 14.0. The van der Waals surface area contributed by atoms with Crippen molar-refractivity contribution in [1.82, 2.24) is 9.55 Å². The molecule has 6 heteroatoms. The van der Waals surface area contributed by atoms with Gasteiger partial charge in [-0.25, -0.2) is 4.79 Å². The molecule has 2 atom stereocenters. The first-order valence-electron chi connectivity index (χ1n) is 6.64. The van der Waals surface area contributed by atoms with Crippen LogP contribution < -0.4 is 11.2 Å². The highest BCUT2D eigenvalue weighted by Gasteiger charge is 2.28. The lowest BCUT2D eigenvalue weighted by Gasteiger charge is -2.14. The molecule has 19 heavy (non-hydrogen) atoms. The fourth-order valence-electron chi connectivity index (χ4n) is 2.73. The Labute approximate surface area is 121 Å². The molecule has 1 heterocycles. The van der Waals surface area contributed by atoms with Crippen LogP contribution in [0.2, 0.25) is 5.15 Å². The molecule has 1 aromatic rings. The molecule has 0 aliphatic heterocycles. The summed E-state index contributed by atoms with van der Waals surface area (Å²) < 4.78 is 1.38. The molecule has 0 saturated heterocycles. The van der Waals surface area contributed by atoms with Crippen molar-refractivity contribution in [2.45, 2.75) is 50.3 Å². The number of aromatic amines is 1. The lowest BCUT2D eigenvalue weighted by molar-refractivity contribution is 0.475. The van der Waals surface area contributed by atoms with Crippen LogP contribution in [0, 0.1) is 0 Å². The second-order valence-corrected chi connectivity index (χ2v) is 6.49. The van der Waals surface area contributed by atoms with E-state index in [1.807, 2.05) is 6.92 Å². The largest absolute Gasteiger partial charge is 0.329 e. The topological polar surface area (TPSA) is 54.9 Å². The maximum absolute atomic E-state index is 12.4. The highest BCUT2D eigenvalue weighted by atomic mass is 35.5. The smallest absolute Gasteiger partial charge is 0.297 e. The van der Waals surface area contributed by atoms with Crippen molar-refractivity contribution in [3.63, 3.8) is 0 Å². The van der Waals surface area contributed by atoms with Gasteiger partial charge in [-0.05, 0) is 31.9 Å². The highest BCUT2D eigenvalue weighted by Crippen LogP contribution is 2.34. The van der Waals surface area contributed by atoms with Crippen molar-refractivity contribution in [1.29, 1.82) is 0 Å². The first-order chi connectivity index (χ1) is 9.08. The summed E-state index contributed by atoms with van der Waals surface area (Å²) in [4.78, 5) is 27.1. The van der Waals surface area contributed by atoms with Crippen molar-refractivity contribution in [3.8, 4) is 0 Å². The van der Waals surface area contributed by atoms with Gasteiger partial charge in [-0.3, -0.25) is 14.3 Å². The van der Waals surface area contributed by atoms with E-state index in [9.17, 15) is 9.59 Å². The van der Waals surface area contributed by atoms with Gasteiger partial charge in [0.1, 0.15) is 5.15 Å². The molecule has 1 aliphatic carbocycles. The van der Waals surface area contributed by atoms with Crippen LogP contribution >= 0.6 is 23.4 Å². The van der Waals surface area contributed by atoms with Crippen molar-refractivity contribution in [2.75, 3.05) is 6.26 Å². The van der Waals surface area contributed by atoms with Crippen molar-refractivity contribution < 1.29 is 0 Å². The van der Waals surface area contributed by atoms with Gasteiger partial charge in [-0.15, -0.1) is 0 Å². The van der Waals surface area contributed by atoms with Gasteiger partial charge < -0.3 is 0 Å². The Morgan fingerprint density at radius 2 is 2.16 bits per heavy atom. The quantitative estimate of drug-likeness (QED) is 0.870.